The Labute approximate surface area is 122 Å². The molecule has 1 unspecified atom stereocenters. The number of nitro benzene ring substituents is 1. The summed E-state index contributed by atoms with van der Waals surface area (Å²) in [5.41, 5.74) is 7.31. The topological polar surface area (TPSA) is 111 Å². The van der Waals surface area contributed by atoms with Crippen molar-refractivity contribution in [3.63, 3.8) is 0 Å². The van der Waals surface area contributed by atoms with Gasteiger partial charge in [-0.3, -0.25) is 18.5 Å². The van der Waals surface area contributed by atoms with E-state index in [1.54, 1.807) is 19.1 Å². The van der Waals surface area contributed by atoms with Crippen molar-refractivity contribution in [2.75, 3.05) is 0 Å². The Morgan fingerprint density at radius 1 is 1.60 bits per heavy atom. The van der Waals surface area contributed by atoms with Gasteiger partial charge in [0.15, 0.2) is 0 Å². The molecule has 1 aromatic heterocycles. The molecular weight excluding hydrogens is 330 g/mol. The van der Waals surface area contributed by atoms with Crippen LogP contribution < -0.4 is 5.73 Å². The number of carbonyl (C=O) groups is 1. The predicted molar refractivity (Wildman–Crippen MR) is 77.0 cm³/mol. The van der Waals surface area contributed by atoms with E-state index in [0.29, 0.717) is 22.2 Å². The quantitative estimate of drug-likeness (QED) is 0.652. The molecule has 0 fully saturated rings. The summed E-state index contributed by atoms with van der Waals surface area (Å²) in [6.07, 6.45) is 0.109. The van der Waals surface area contributed by atoms with E-state index < -0.39 is 16.9 Å². The van der Waals surface area contributed by atoms with Gasteiger partial charge in [-0.15, -0.1) is 0 Å². The van der Waals surface area contributed by atoms with Gasteiger partial charge in [0.05, 0.1) is 21.1 Å². The Kier molecular flexibility index (Phi) is 3.78. The summed E-state index contributed by atoms with van der Waals surface area (Å²) in [4.78, 5) is 21.5. The van der Waals surface area contributed by atoms with Crippen LogP contribution in [0.2, 0.25) is 0 Å². The number of benzene rings is 1. The lowest BCUT2D eigenvalue weighted by molar-refractivity contribution is -0.383. The molecule has 0 aliphatic rings. The zero-order chi connectivity index (χ0) is 15.0. The summed E-state index contributed by atoms with van der Waals surface area (Å²) >= 11 is 3.27. The fourth-order valence-corrected chi connectivity index (χ4v) is 2.76. The maximum atomic E-state index is 11.1. The first-order valence-corrected chi connectivity index (χ1v) is 6.47. The number of aromatic nitrogens is 1. The first-order valence-electron chi connectivity index (χ1n) is 5.76. The Balaban J connectivity index is 2.68. The highest BCUT2D eigenvalue weighted by Gasteiger charge is 2.23. The molecule has 7 nitrogen and oxygen atoms in total. The highest BCUT2D eigenvalue weighted by molar-refractivity contribution is 9.08. The molecule has 1 heterocycles. The largest absolute Gasteiger partial charge is 0.480 e. The third kappa shape index (κ3) is 2.27. The van der Waals surface area contributed by atoms with Crippen LogP contribution in [0.3, 0.4) is 0 Å². The van der Waals surface area contributed by atoms with Crippen LogP contribution in [0.25, 0.3) is 10.9 Å². The van der Waals surface area contributed by atoms with Gasteiger partial charge in [0.2, 0.25) is 0 Å². The van der Waals surface area contributed by atoms with Gasteiger partial charge in [-0.25, -0.2) is 0 Å². The summed E-state index contributed by atoms with van der Waals surface area (Å²) in [7, 11) is 0. The molecule has 1 aromatic carbocycles. The molecule has 0 bridgehead atoms. The molecule has 2 aromatic rings. The van der Waals surface area contributed by atoms with E-state index in [2.05, 4.69) is 16.1 Å². The van der Waals surface area contributed by atoms with Crippen molar-refractivity contribution in [2.24, 2.45) is 5.73 Å². The number of nitrogens with two attached hydrogens (primary N) is 1. The maximum Gasteiger partial charge on any atom is 0.320 e. The third-order valence-corrected chi connectivity index (χ3v) is 4.09. The van der Waals surface area contributed by atoms with Crippen LogP contribution in [0.4, 0.5) is 5.69 Å². The molecule has 0 spiro atoms. The predicted octanol–water partition coefficient (Wildman–Crippen LogP) is 1.97. The van der Waals surface area contributed by atoms with Crippen LogP contribution in [-0.2, 0) is 11.2 Å². The number of halogens is 1. The van der Waals surface area contributed by atoms with E-state index in [9.17, 15) is 14.9 Å². The van der Waals surface area contributed by atoms with Gasteiger partial charge < -0.3 is 10.8 Å². The zero-order valence-electron chi connectivity index (χ0n) is 10.5. The van der Waals surface area contributed by atoms with Crippen LogP contribution in [0.5, 0.6) is 0 Å². The van der Waals surface area contributed by atoms with Gasteiger partial charge in [-0.2, -0.15) is 0 Å². The van der Waals surface area contributed by atoms with E-state index in [4.69, 9.17) is 10.8 Å². The molecule has 0 saturated carbocycles. The molecule has 0 aliphatic heterocycles. The number of rotatable bonds is 4. The maximum absolute atomic E-state index is 11.1. The average molecular weight is 342 g/mol. The van der Waals surface area contributed by atoms with Crippen molar-refractivity contribution in [3.8, 4) is 0 Å². The average Bonchev–Trinajstić information content (AvgIpc) is 2.63. The molecule has 3 N–H and O–H groups in total. The Bertz CT molecular complexity index is 710. The molecule has 20 heavy (non-hydrogen) atoms. The lowest BCUT2D eigenvalue weighted by atomic mass is 10.0. The summed E-state index contributed by atoms with van der Waals surface area (Å²) in [5.74, 6) is -1.11. The van der Waals surface area contributed by atoms with Crippen LogP contribution in [0.15, 0.2) is 18.2 Å². The number of carboxylic acid groups (broad SMARTS) is 1. The molecular formula is C12H12BrN3O4. The molecule has 0 aliphatic carbocycles. The highest BCUT2D eigenvalue weighted by atomic mass is 79.9. The number of hydrogen-bond acceptors (Lipinski definition) is 4. The van der Waals surface area contributed by atoms with E-state index in [-0.39, 0.29) is 12.1 Å². The second-order valence-electron chi connectivity index (χ2n) is 4.42. The van der Waals surface area contributed by atoms with Crippen molar-refractivity contribution >= 4 is 38.7 Å². The molecule has 8 heteroatoms. The van der Waals surface area contributed by atoms with Gasteiger partial charge in [0.25, 0.3) is 5.69 Å². The first kappa shape index (κ1) is 14.5. The summed E-state index contributed by atoms with van der Waals surface area (Å²) in [5, 5.41) is 20.6. The highest BCUT2D eigenvalue weighted by Crippen LogP contribution is 2.34. The summed E-state index contributed by atoms with van der Waals surface area (Å²) in [6.45, 7) is 1.75. The number of nitro groups is 1. The standard InChI is InChI=1S/C12H12BrN3O4/c1-6-8(5-9(14)12(17)18)7-3-2-4-10(16(19)20)11(7)15(6)13/h2-4,9H,5,14H2,1H3,(H,17,18). The van der Waals surface area contributed by atoms with Crippen LogP contribution >= 0.6 is 16.1 Å². The molecule has 2 rings (SSSR count). The van der Waals surface area contributed by atoms with E-state index >= 15 is 0 Å². The van der Waals surface area contributed by atoms with Crippen LogP contribution in [-0.4, -0.2) is 25.6 Å². The normalized spacial score (nSPS) is 12.6. The molecule has 0 amide bonds. The van der Waals surface area contributed by atoms with E-state index in [0.717, 1.165) is 0 Å². The van der Waals surface area contributed by atoms with E-state index in [1.807, 2.05) is 0 Å². The Morgan fingerprint density at radius 3 is 2.80 bits per heavy atom. The van der Waals surface area contributed by atoms with Crippen molar-refractivity contribution < 1.29 is 14.8 Å². The molecule has 0 radical (unpaired) electrons. The van der Waals surface area contributed by atoms with E-state index in [1.165, 1.54) is 9.66 Å². The first-order chi connectivity index (χ1) is 9.34. The lowest BCUT2D eigenvalue weighted by Gasteiger charge is -2.06. The fraction of sp³-hybridized carbons (Fsp3) is 0.250. The minimum atomic E-state index is -1.11. The van der Waals surface area contributed by atoms with Gasteiger partial charge in [0.1, 0.15) is 11.6 Å². The third-order valence-electron chi connectivity index (χ3n) is 3.21. The monoisotopic (exact) mass is 341 g/mol. The number of aliphatic carboxylic acids is 1. The molecule has 106 valence electrons. The zero-order valence-corrected chi connectivity index (χ0v) is 12.1. The Hall–Kier alpha value is -1.93. The lowest BCUT2D eigenvalue weighted by Crippen LogP contribution is -2.32. The van der Waals surface area contributed by atoms with Crippen molar-refractivity contribution in [1.29, 1.82) is 0 Å². The number of para-hydroxylation sites is 1. The number of carboxylic acids is 1. The van der Waals surface area contributed by atoms with Crippen molar-refractivity contribution in [2.45, 2.75) is 19.4 Å². The van der Waals surface area contributed by atoms with Crippen molar-refractivity contribution in [3.05, 3.63) is 39.6 Å². The molecule has 1 atom stereocenters. The second kappa shape index (κ2) is 5.22. The number of non-ortho nitro benzene ring substituents is 1. The van der Waals surface area contributed by atoms with Gasteiger partial charge >= 0.3 is 5.97 Å². The fourth-order valence-electron chi connectivity index (χ4n) is 2.17. The summed E-state index contributed by atoms with van der Waals surface area (Å²) < 4.78 is 1.52. The minimum Gasteiger partial charge on any atom is -0.480 e. The smallest absolute Gasteiger partial charge is 0.320 e. The minimum absolute atomic E-state index is 0.0439. The number of nitrogens with zero attached hydrogens (tertiary/aromatic N) is 2. The van der Waals surface area contributed by atoms with Gasteiger partial charge in [-0.05, 0) is 12.5 Å². The number of fused-ring (bicyclic) bond motifs is 1. The van der Waals surface area contributed by atoms with Gasteiger partial charge in [-0.1, -0.05) is 12.1 Å². The SMILES string of the molecule is Cc1c(CC(N)C(=O)O)c2cccc([N+](=O)[O-])c2n1Br. The second-order valence-corrected chi connectivity index (χ2v) is 5.13. The van der Waals surface area contributed by atoms with Gasteiger partial charge in [0, 0.05) is 23.6 Å². The summed E-state index contributed by atoms with van der Waals surface area (Å²) in [6, 6.07) is 3.64. The number of hydrogen-bond donors (Lipinski definition) is 2. The van der Waals surface area contributed by atoms with Crippen LogP contribution in [0.1, 0.15) is 11.3 Å². The van der Waals surface area contributed by atoms with Crippen LogP contribution in [0, 0.1) is 17.0 Å². The molecule has 0 saturated heterocycles. The van der Waals surface area contributed by atoms with Crippen molar-refractivity contribution in [1.82, 2.24) is 3.59 Å². The Morgan fingerprint density at radius 2 is 2.25 bits per heavy atom.